The van der Waals surface area contributed by atoms with Crippen LogP contribution in [0.1, 0.15) is 36.4 Å². The molecule has 2 aliphatic rings. The van der Waals surface area contributed by atoms with Gasteiger partial charge in [0.05, 0.1) is 23.5 Å². The van der Waals surface area contributed by atoms with Crippen molar-refractivity contribution in [3.63, 3.8) is 0 Å². The number of sulfonamides is 1. The number of benzene rings is 1. The summed E-state index contributed by atoms with van der Waals surface area (Å²) in [5.74, 6) is 0.148. The number of rotatable bonds is 4. The minimum atomic E-state index is -4.48. The number of aliphatic hydroxyl groups excluding tert-OH is 1. The molecule has 3 rings (SSSR count). The van der Waals surface area contributed by atoms with Crippen molar-refractivity contribution < 1.29 is 26.7 Å². The van der Waals surface area contributed by atoms with Crippen LogP contribution in [0.5, 0.6) is 0 Å². The zero-order valence-corrected chi connectivity index (χ0v) is 13.1. The molecule has 1 aromatic rings. The van der Waals surface area contributed by atoms with E-state index in [1.807, 2.05) is 0 Å². The second-order valence-electron chi connectivity index (χ2n) is 6.32. The predicted octanol–water partition coefficient (Wildman–Crippen LogP) is 2.55. The molecule has 128 valence electrons. The van der Waals surface area contributed by atoms with E-state index < -0.39 is 33.9 Å². The van der Waals surface area contributed by atoms with Gasteiger partial charge in [0.1, 0.15) is 0 Å². The Bertz CT molecular complexity index is 685. The molecule has 4 nitrogen and oxygen atoms in total. The van der Waals surface area contributed by atoms with Crippen LogP contribution in [0, 0.1) is 5.92 Å². The molecular formula is C15H18F3NO3S. The van der Waals surface area contributed by atoms with Crippen LogP contribution in [-0.4, -0.2) is 36.2 Å². The summed E-state index contributed by atoms with van der Waals surface area (Å²) in [6, 6.07) is 3.95. The number of nitrogens with zero attached hydrogens (tertiary/aromatic N) is 1. The number of hydrogen-bond donors (Lipinski definition) is 1. The van der Waals surface area contributed by atoms with Gasteiger partial charge in [-0.25, -0.2) is 8.42 Å². The van der Waals surface area contributed by atoms with E-state index in [-0.39, 0.29) is 30.2 Å². The third kappa shape index (κ3) is 3.70. The summed E-state index contributed by atoms with van der Waals surface area (Å²) >= 11 is 0. The highest BCUT2D eigenvalue weighted by Gasteiger charge is 2.42. The molecule has 1 heterocycles. The molecule has 1 aliphatic heterocycles. The molecule has 1 saturated heterocycles. The minimum Gasteiger partial charge on any atom is -0.392 e. The Kier molecular flexibility index (Phi) is 4.18. The van der Waals surface area contributed by atoms with Gasteiger partial charge >= 0.3 is 6.18 Å². The predicted molar refractivity (Wildman–Crippen MR) is 78.0 cm³/mol. The fourth-order valence-electron chi connectivity index (χ4n) is 2.99. The van der Waals surface area contributed by atoms with Crippen LogP contribution in [0.25, 0.3) is 0 Å². The Morgan fingerprint density at radius 3 is 2.57 bits per heavy atom. The normalized spacial score (nSPS) is 26.6. The molecule has 1 aliphatic carbocycles. The lowest BCUT2D eigenvalue weighted by Gasteiger charge is -2.24. The standard InChI is InChI=1S/C15H18F3NO3S/c16-15(17,18)12-3-1-2-11(6-12)14-7-13(20)8-19(14)23(21,22)9-10-4-5-10/h1-3,6,10,13-14,20H,4-5,7-9H2/t13-,14-/m0/s1. The SMILES string of the molecule is O=S(=O)(CC1CC1)N1C[C@@H](O)C[C@H]1c1cccc(C(F)(F)F)c1. The second-order valence-corrected chi connectivity index (χ2v) is 8.29. The molecule has 8 heteroatoms. The third-order valence-electron chi connectivity index (χ3n) is 4.33. The Morgan fingerprint density at radius 1 is 1.26 bits per heavy atom. The van der Waals surface area contributed by atoms with Gasteiger partial charge < -0.3 is 5.11 Å². The smallest absolute Gasteiger partial charge is 0.392 e. The molecule has 0 aromatic heterocycles. The maximum atomic E-state index is 12.9. The Labute approximate surface area is 133 Å². The second kappa shape index (κ2) is 5.75. The van der Waals surface area contributed by atoms with Crippen LogP contribution in [-0.2, 0) is 16.2 Å². The Balaban J connectivity index is 1.90. The van der Waals surface area contributed by atoms with Crippen LogP contribution < -0.4 is 0 Å². The van der Waals surface area contributed by atoms with Crippen LogP contribution >= 0.6 is 0 Å². The van der Waals surface area contributed by atoms with Gasteiger partial charge in [-0.1, -0.05) is 12.1 Å². The van der Waals surface area contributed by atoms with E-state index in [0.29, 0.717) is 0 Å². The summed E-state index contributed by atoms with van der Waals surface area (Å²) < 4.78 is 64.7. The van der Waals surface area contributed by atoms with Gasteiger partial charge in [0.15, 0.2) is 0 Å². The summed E-state index contributed by atoms with van der Waals surface area (Å²) in [6.45, 7) is -0.0596. The van der Waals surface area contributed by atoms with Gasteiger partial charge in [-0.15, -0.1) is 0 Å². The molecule has 2 fully saturated rings. The van der Waals surface area contributed by atoms with Crippen LogP contribution in [0.3, 0.4) is 0 Å². The minimum absolute atomic E-state index is 0.00911. The summed E-state index contributed by atoms with van der Waals surface area (Å²) in [5.41, 5.74) is -0.535. The zero-order chi connectivity index (χ0) is 16.8. The lowest BCUT2D eigenvalue weighted by molar-refractivity contribution is -0.137. The summed E-state index contributed by atoms with van der Waals surface area (Å²) in [4.78, 5) is 0. The van der Waals surface area contributed by atoms with Crippen molar-refractivity contribution in [1.82, 2.24) is 4.31 Å². The van der Waals surface area contributed by atoms with E-state index in [1.165, 1.54) is 16.4 Å². The molecule has 0 bridgehead atoms. The number of β-amino-alcohol motifs (C(OH)–C–C–N with tert-alkyl or cyclic N) is 1. The highest BCUT2D eigenvalue weighted by molar-refractivity contribution is 7.89. The van der Waals surface area contributed by atoms with E-state index in [4.69, 9.17) is 0 Å². The zero-order valence-electron chi connectivity index (χ0n) is 12.3. The first-order valence-electron chi connectivity index (χ1n) is 7.51. The topological polar surface area (TPSA) is 57.6 Å². The molecule has 0 amide bonds. The summed E-state index contributed by atoms with van der Waals surface area (Å²) in [6.07, 6.45) is -3.49. The van der Waals surface area contributed by atoms with Crippen molar-refractivity contribution in [2.24, 2.45) is 5.92 Å². The van der Waals surface area contributed by atoms with Gasteiger partial charge in [0.2, 0.25) is 10.0 Å². The van der Waals surface area contributed by atoms with Crippen LogP contribution in [0.15, 0.2) is 24.3 Å². The molecular weight excluding hydrogens is 331 g/mol. The van der Waals surface area contributed by atoms with Crippen LogP contribution in [0.4, 0.5) is 13.2 Å². The van der Waals surface area contributed by atoms with Crippen molar-refractivity contribution in [3.8, 4) is 0 Å². The van der Waals surface area contributed by atoms with E-state index in [0.717, 1.165) is 25.0 Å². The molecule has 0 spiro atoms. The Morgan fingerprint density at radius 2 is 1.96 bits per heavy atom. The van der Waals surface area contributed by atoms with Gasteiger partial charge in [0, 0.05) is 6.54 Å². The molecule has 23 heavy (non-hydrogen) atoms. The first-order chi connectivity index (χ1) is 10.7. The van der Waals surface area contributed by atoms with Gasteiger partial charge in [-0.05, 0) is 42.9 Å². The number of hydrogen-bond acceptors (Lipinski definition) is 3. The van der Waals surface area contributed by atoms with Gasteiger partial charge in [-0.2, -0.15) is 17.5 Å². The monoisotopic (exact) mass is 349 g/mol. The number of aliphatic hydroxyl groups is 1. The first-order valence-corrected chi connectivity index (χ1v) is 9.12. The van der Waals surface area contributed by atoms with Gasteiger partial charge in [0.25, 0.3) is 0 Å². The fraction of sp³-hybridized carbons (Fsp3) is 0.600. The molecule has 0 unspecified atom stereocenters. The average Bonchev–Trinajstić information content (AvgIpc) is 3.15. The molecule has 2 atom stereocenters. The molecule has 1 saturated carbocycles. The average molecular weight is 349 g/mol. The van der Waals surface area contributed by atoms with Gasteiger partial charge in [-0.3, -0.25) is 0 Å². The lowest BCUT2D eigenvalue weighted by atomic mass is 10.0. The highest BCUT2D eigenvalue weighted by Crippen LogP contribution is 2.39. The molecule has 1 N–H and O–H groups in total. The first kappa shape index (κ1) is 16.7. The van der Waals surface area contributed by atoms with Crippen LogP contribution in [0.2, 0.25) is 0 Å². The van der Waals surface area contributed by atoms with E-state index in [9.17, 15) is 26.7 Å². The van der Waals surface area contributed by atoms with Crippen molar-refractivity contribution in [3.05, 3.63) is 35.4 Å². The largest absolute Gasteiger partial charge is 0.416 e. The summed E-state index contributed by atoms with van der Waals surface area (Å²) in [7, 11) is -3.58. The quantitative estimate of drug-likeness (QED) is 0.909. The molecule has 0 radical (unpaired) electrons. The highest BCUT2D eigenvalue weighted by atomic mass is 32.2. The number of alkyl halides is 3. The molecule has 1 aromatic carbocycles. The lowest BCUT2D eigenvalue weighted by Crippen LogP contribution is -2.34. The van der Waals surface area contributed by atoms with Crippen molar-refractivity contribution >= 4 is 10.0 Å². The van der Waals surface area contributed by atoms with Crippen molar-refractivity contribution in [2.45, 2.75) is 37.6 Å². The number of halogens is 3. The Hall–Kier alpha value is -1.12. The fourth-order valence-corrected chi connectivity index (χ4v) is 5.11. The maximum Gasteiger partial charge on any atom is 0.416 e. The van der Waals surface area contributed by atoms with E-state index in [1.54, 1.807) is 0 Å². The third-order valence-corrected chi connectivity index (χ3v) is 6.34. The summed E-state index contributed by atoms with van der Waals surface area (Å²) in [5, 5.41) is 9.85. The van der Waals surface area contributed by atoms with E-state index in [2.05, 4.69) is 0 Å². The van der Waals surface area contributed by atoms with E-state index >= 15 is 0 Å². The maximum absolute atomic E-state index is 12.9. The van der Waals surface area contributed by atoms with Crippen molar-refractivity contribution in [1.29, 1.82) is 0 Å². The van der Waals surface area contributed by atoms with Crippen molar-refractivity contribution in [2.75, 3.05) is 12.3 Å².